The Kier molecular flexibility index (Phi) is 5.64. The minimum Gasteiger partial charge on any atom is -0.366 e. The number of nitrogens with two attached hydrogens (primary N) is 1. The molecule has 0 saturated carbocycles. The highest BCUT2D eigenvalue weighted by Crippen LogP contribution is 2.27. The average molecular weight is 408 g/mol. The molecule has 0 radical (unpaired) electrons. The summed E-state index contributed by atoms with van der Waals surface area (Å²) in [5.74, 6) is -1.18. The van der Waals surface area contributed by atoms with Crippen LogP contribution in [-0.4, -0.2) is 37.6 Å². The summed E-state index contributed by atoms with van der Waals surface area (Å²) in [7, 11) is -3.56. The van der Waals surface area contributed by atoms with E-state index in [1.165, 1.54) is 15.6 Å². The van der Waals surface area contributed by atoms with Crippen LogP contribution >= 0.6 is 11.3 Å². The molecule has 0 bridgehead atoms. The molecule has 2 heterocycles. The van der Waals surface area contributed by atoms with Crippen LogP contribution in [0.5, 0.6) is 0 Å². The highest BCUT2D eigenvalue weighted by Gasteiger charge is 2.33. The van der Waals surface area contributed by atoms with Crippen molar-refractivity contribution in [2.24, 2.45) is 11.7 Å². The highest BCUT2D eigenvalue weighted by atomic mass is 32.2. The Morgan fingerprint density at radius 2 is 2.07 bits per heavy atom. The third-order valence-electron chi connectivity index (χ3n) is 4.60. The Morgan fingerprint density at radius 1 is 1.30 bits per heavy atom. The summed E-state index contributed by atoms with van der Waals surface area (Å²) in [6, 6.07) is 8.15. The fourth-order valence-electron chi connectivity index (χ4n) is 3.17. The van der Waals surface area contributed by atoms with E-state index >= 15 is 0 Å². The number of hydrogen-bond donors (Lipinski definition) is 2. The van der Waals surface area contributed by atoms with Gasteiger partial charge < -0.3 is 11.1 Å². The lowest BCUT2D eigenvalue weighted by Gasteiger charge is -2.30. The van der Waals surface area contributed by atoms with Crippen molar-refractivity contribution in [3.8, 4) is 0 Å². The average Bonchev–Trinajstić information content (AvgIpc) is 3.17. The van der Waals surface area contributed by atoms with Crippen molar-refractivity contribution in [2.75, 3.05) is 18.4 Å². The number of sulfonamides is 1. The molecule has 1 aliphatic rings. The molecule has 1 saturated heterocycles. The Labute approximate surface area is 162 Å². The first-order valence-corrected chi connectivity index (χ1v) is 10.9. The third-order valence-corrected chi connectivity index (χ3v) is 7.84. The predicted molar refractivity (Wildman–Crippen MR) is 104 cm³/mol. The van der Waals surface area contributed by atoms with Crippen LogP contribution in [0.4, 0.5) is 5.69 Å². The predicted octanol–water partition coefficient (Wildman–Crippen LogP) is 2.19. The zero-order valence-corrected chi connectivity index (χ0v) is 16.5. The highest BCUT2D eigenvalue weighted by molar-refractivity contribution is 7.91. The summed E-state index contributed by atoms with van der Waals surface area (Å²) in [5, 5.41) is 4.54. The maximum absolute atomic E-state index is 12.7. The summed E-state index contributed by atoms with van der Waals surface area (Å²) >= 11 is 1.17. The number of carbonyl (C=O) groups excluding carboxylic acids is 2. The molecule has 1 aliphatic heterocycles. The van der Waals surface area contributed by atoms with Crippen LogP contribution in [0.25, 0.3) is 0 Å². The van der Waals surface area contributed by atoms with Gasteiger partial charge in [0.25, 0.3) is 10.0 Å². The molecule has 3 rings (SSSR count). The third kappa shape index (κ3) is 4.20. The van der Waals surface area contributed by atoms with Crippen molar-refractivity contribution in [2.45, 2.75) is 24.0 Å². The van der Waals surface area contributed by atoms with Gasteiger partial charge in [-0.05, 0) is 55.0 Å². The Bertz CT molecular complexity index is 955. The molecule has 7 nitrogen and oxygen atoms in total. The monoisotopic (exact) mass is 407 g/mol. The minimum absolute atomic E-state index is 0.157. The molecule has 9 heteroatoms. The van der Waals surface area contributed by atoms with E-state index in [0.717, 1.165) is 0 Å². The van der Waals surface area contributed by atoms with Crippen molar-refractivity contribution in [3.63, 3.8) is 0 Å². The first-order chi connectivity index (χ1) is 12.8. The van der Waals surface area contributed by atoms with Crippen molar-refractivity contribution < 1.29 is 18.0 Å². The van der Waals surface area contributed by atoms with E-state index in [4.69, 9.17) is 5.73 Å². The first-order valence-electron chi connectivity index (χ1n) is 8.54. The molecule has 1 aromatic carbocycles. The summed E-state index contributed by atoms with van der Waals surface area (Å²) in [5.41, 5.74) is 6.92. The molecule has 0 spiro atoms. The number of carbonyl (C=O) groups is 2. The molecule has 1 fully saturated rings. The number of piperidine rings is 1. The lowest BCUT2D eigenvalue weighted by molar-refractivity contribution is -0.120. The van der Waals surface area contributed by atoms with Gasteiger partial charge in [-0.1, -0.05) is 6.07 Å². The number of primary amides is 1. The zero-order chi connectivity index (χ0) is 19.6. The Balaban J connectivity index is 1.70. The van der Waals surface area contributed by atoms with Crippen LogP contribution < -0.4 is 11.1 Å². The molecule has 0 aliphatic carbocycles. The number of nitrogens with one attached hydrogen (secondary N) is 1. The van der Waals surface area contributed by atoms with Gasteiger partial charge in [-0.15, -0.1) is 11.3 Å². The number of amides is 2. The van der Waals surface area contributed by atoms with E-state index < -0.39 is 21.8 Å². The molecule has 27 heavy (non-hydrogen) atoms. The number of anilines is 1. The zero-order valence-electron chi connectivity index (χ0n) is 14.8. The molecular weight excluding hydrogens is 386 g/mol. The van der Waals surface area contributed by atoms with Crippen LogP contribution in [0.3, 0.4) is 0 Å². The number of rotatable bonds is 5. The normalized spacial score (nSPS) is 18.2. The van der Waals surface area contributed by atoms with Gasteiger partial charge in [0, 0.05) is 24.3 Å². The second kappa shape index (κ2) is 7.79. The maximum atomic E-state index is 12.7. The van der Waals surface area contributed by atoms with Gasteiger partial charge in [-0.3, -0.25) is 9.59 Å². The minimum atomic E-state index is -3.56. The van der Waals surface area contributed by atoms with Gasteiger partial charge in [0.2, 0.25) is 11.8 Å². The van der Waals surface area contributed by atoms with Gasteiger partial charge >= 0.3 is 0 Å². The van der Waals surface area contributed by atoms with Crippen LogP contribution in [0, 0.1) is 12.8 Å². The van der Waals surface area contributed by atoms with Crippen molar-refractivity contribution in [1.29, 1.82) is 0 Å². The van der Waals surface area contributed by atoms with E-state index in [2.05, 4.69) is 5.32 Å². The topological polar surface area (TPSA) is 110 Å². The molecule has 2 aromatic rings. The molecular formula is C18H21N3O4S2. The van der Waals surface area contributed by atoms with Gasteiger partial charge in [0.15, 0.2) is 0 Å². The molecule has 2 amide bonds. The smallest absolute Gasteiger partial charge is 0.252 e. The van der Waals surface area contributed by atoms with E-state index in [0.29, 0.717) is 40.4 Å². The molecule has 3 N–H and O–H groups in total. The van der Waals surface area contributed by atoms with E-state index in [-0.39, 0.29) is 12.5 Å². The summed E-state index contributed by atoms with van der Waals surface area (Å²) in [6.45, 7) is 2.31. The lowest BCUT2D eigenvalue weighted by atomic mass is 9.98. The van der Waals surface area contributed by atoms with Crippen LogP contribution in [0.15, 0.2) is 39.9 Å². The number of benzene rings is 1. The van der Waals surface area contributed by atoms with Crippen LogP contribution in [0.1, 0.15) is 28.8 Å². The summed E-state index contributed by atoms with van der Waals surface area (Å²) in [6.07, 6.45) is 1.25. The number of thiophene rings is 1. The lowest BCUT2D eigenvalue weighted by Crippen LogP contribution is -2.43. The fraction of sp³-hybridized carbons (Fsp3) is 0.333. The van der Waals surface area contributed by atoms with Crippen molar-refractivity contribution >= 4 is 38.9 Å². The van der Waals surface area contributed by atoms with Gasteiger partial charge in [0.05, 0.1) is 5.92 Å². The Morgan fingerprint density at radius 3 is 2.70 bits per heavy atom. The molecule has 1 unspecified atom stereocenters. The second-order valence-corrected chi connectivity index (χ2v) is 9.63. The number of aryl methyl sites for hydroxylation is 1. The molecule has 1 aromatic heterocycles. The number of nitrogens with zero attached hydrogens (tertiary/aromatic N) is 1. The van der Waals surface area contributed by atoms with Crippen molar-refractivity contribution in [3.05, 3.63) is 46.8 Å². The Hall–Kier alpha value is -2.23. The second-order valence-electron chi connectivity index (χ2n) is 6.52. The van der Waals surface area contributed by atoms with Crippen LogP contribution in [0.2, 0.25) is 0 Å². The van der Waals surface area contributed by atoms with Gasteiger partial charge in [0.1, 0.15) is 4.21 Å². The van der Waals surface area contributed by atoms with Crippen molar-refractivity contribution in [1.82, 2.24) is 4.31 Å². The van der Waals surface area contributed by atoms with Gasteiger partial charge in [-0.2, -0.15) is 4.31 Å². The summed E-state index contributed by atoms with van der Waals surface area (Å²) in [4.78, 5) is 23.9. The van der Waals surface area contributed by atoms with E-state index in [1.807, 2.05) is 0 Å². The van der Waals surface area contributed by atoms with E-state index in [1.54, 1.807) is 42.6 Å². The SMILES string of the molecule is Cc1cc(NC(=O)C2CCCN(S(=O)(=O)c3cccs3)C2)ccc1C(N)=O. The molecule has 1 atom stereocenters. The van der Waals surface area contributed by atoms with Gasteiger partial charge in [-0.25, -0.2) is 8.42 Å². The standard InChI is InChI=1S/C18H21N3O4S2/c1-12-10-14(6-7-15(12)17(19)22)20-18(23)13-4-2-8-21(11-13)27(24,25)16-5-3-9-26-16/h3,5-7,9-10,13H,2,4,8,11H2,1H3,(H2,19,22)(H,20,23). The van der Waals surface area contributed by atoms with E-state index in [9.17, 15) is 18.0 Å². The number of hydrogen-bond acceptors (Lipinski definition) is 5. The maximum Gasteiger partial charge on any atom is 0.252 e. The van der Waals surface area contributed by atoms with Crippen LogP contribution in [-0.2, 0) is 14.8 Å². The summed E-state index contributed by atoms with van der Waals surface area (Å²) < 4.78 is 27.0. The largest absolute Gasteiger partial charge is 0.366 e. The molecule has 144 valence electrons. The first kappa shape index (κ1) is 19.5. The fourth-order valence-corrected chi connectivity index (χ4v) is 5.84. The quantitative estimate of drug-likeness (QED) is 0.792.